The molecule has 1 aliphatic carbocycles. The molecule has 0 radical (unpaired) electrons. The maximum atomic E-state index is 10.4. The number of hydrogen-bond donors (Lipinski definition) is 1. The monoisotopic (exact) mass is 283 g/mol. The van der Waals surface area contributed by atoms with Crippen molar-refractivity contribution < 1.29 is 5.11 Å². The van der Waals surface area contributed by atoms with Crippen molar-refractivity contribution in [1.82, 2.24) is 4.57 Å². The molecule has 112 valence electrons. The molecular weight excluding hydrogens is 258 g/mol. The minimum Gasteiger partial charge on any atom is -0.388 e. The molecule has 1 aromatic heterocycles. The van der Waals surface area contributed by atoms with Gasteiger partial charge in [0.2, 0.25) is 0 Å². The van der Waals surface area contributed by atoms with Crippen LogP contribution < -0.4 is 0 Å². The van der Waals surface area contributed by atoms with Crippen LogP contribution in [-0.2, 0) is 6.42 Å². The summed E-state index contributed by atoms with van der Waals surface area (Å²) in [6.07, 6.45) is 3.70. The number of aliphatic hydroxyl groups excluding tert-OH is 1. The van der Waals surface area contributed by atoms with Crippen LogP contribution in [0.3, 0.4) is 0 Å². The van der Waals surface area contributed by atoms with E-state index in [2.05, 4.69) is 68.8 Å². The van der Waals surface area contributed by atoms with Gasteiger partial charge in [0.15, 0.2) is 0 Å². The maximum absolute atomic E-state index is 10.4. The SMILES string of the molecule is Cc1ccccc1C(C)n1ccc2c1CC(C)(C)CC2O. The minimum absolute atomic E-state index is 0.161. The van der Waals surface area contributed by atoms with E-state index in [1.807, 2.05) is 0 Å². The second kappa shape index (κ2) is 5.03. The summed E-state index contributed by atoms with van der Waals surface area (Å²) in [5, 5.41) is 10.4. The van der Waals surface area contributed by atoms with E-state index in [0.29, 0.717) is 6.04 Å². The predicted octanol–water partition coefficient (Wildman–Crippen LogP) is 4.41. The Balaban J connectivity index is 2.04. The topological polar surface area (TPSA) is 25.2 Å². The lowest BCUT2D eigenvalue weighted by Gasteiger charge is -2.35. The van der Waals surface area contributed by atoms with E-state index < -0.39 is 0 Å². The van der Waals surface area contributed by atoms with Gasteiger partial charge in [-0.25, -0.2) is 0 Å². The predicted molar refractivity (Wildman–Crippen MR) is 86.5 cm³/mol. The number of aliphatic hydroxyl groups is 1. The first kappa shape index (κ1) is 14.4. The van der Waals surface area contributed by atoms with E-state index in [4.69, 9.17) is 0 Å². The average molecular weight is 283 g/mol. The molecule has 1 aromatic carbocycles. The van der Waals surface area contributed by atoms with Gasteiger partial charge in [-0.15, -0.1) is 0 Å². The highest BCUT2D eigenvalue weighted by atomic mass is 16.3. The van der Waals surface area contributed by atoms with Crippen molar-refractivity contribution in [1.29, 1.82) is 0 Å². The molecule has 0 saturated heterocycles. The molecule has 2 aromatic rings. The molecular formula is C19H25NO. The second-order valence-corrected chi connectivity index (χ2v) is 7.22. The Hall–Kier alpha value is -1.54. The van der Waals surface area contributed by atoms with Gasteiger partial charge in [0.25, 0.3) is 0 Å². The highest BCUT2D eigenvalue weighted by Gasteiger charge is 2.34. The molecule has 0 amide bonds. The third-order valence-corrected chi connectivity index (χ3v) is 4.87. The summed E-state index contributed by atoms with van der Waals surface area (Å²) in [4.78, 5) is 0. The molecule has 3 rings (SSSR count). The molecule has 2 nitrogen and oxygen atoms in total. The van der Waals surface area contributed by atoms with Crippen molar-refractivity contribution in [3.05, 3.63) is 58.9 Å². The molecule has 0 saturated carbocycles. The van der Waals surface area contributed by atoms with Crippen LogP contribution in [0.1, 0.15) is 61.7 Å². The summed E-state index contributed by atoms with van der Waals surface area (Å²) in [7, 11) is 0. The Morgan fingerprint density at radius 1 is 1.24 bits per heavy atom. The number of aromatic nitrogens is 1. The summed E-state index contributed by atoms with van der Waals surface area (Å²) in [6.45, 7) is 8.90. The molecule has 0 fully saturated rings. The lowest BCUT2D eigenvalue weighted by Crippen LogP contribution is -2.27. The molecule has 0 bridgehead atoms. The molecule has 21 heavy (non-hydrogen) atoms. The van der Waals surface area contributed by atoms with Crippen molar-refractivity contribution in [2.24, 2.45) is 5.41 Å². The number of aryl methyl sites for hydroxylation is 1. The normalized spacial score (nSPS) is 21.9. The first-order chi connectivity index (χ1) is 9.89. The first-order valence-corrected chi connectivity index (χ1v) is 7.82. The van der Waals surface area contributed by atoms with Crippen LogP contribution in [0.25, 0.3) is 0 Å². The van der Waals surface area contributed by atoms with Gasteiger partial charge in [0.1, 0.15) is 0 Å². The van der Waals surface area contributed by atoms with Crippen molar-refractivity contribution >= 4 is 0 Å². The van der Waals surface area contributed by atoms with Gasteiger partial charge in [-0.3, -0.25) is 0 Å². The molecule has 1 N–H and O–H groups in total. The lowest BCUT2D eigenvalue weighted by molar-refractivity contribution is 0.0978. The zero-order valence-electron chi connectivity index (χ0n) is 13.4. The highest BCUT2D eigenvalue weighted by molar-refractivity contribution is 5.34. The summed E-state index contributed by atoms with van der Waals surface area (Å²) in [5.74, 6) is 0. The molecule has 0 spiro atoms. The van der Waals surface area contributed by atoms with Crippen LogP contribution in [0.2, 0.25) is 0 Å². The highest BCUT2D eigenvalue weighted by Crippen LogP contribution is 2.42. The standard InChI is InChI=1S/C19H25NO/c1-13-7-5-6-8-15(13)14(2)20-10-9-16-17(20)11-19(3,4)12-18(16)21/h5-10,14,18,21H,11-12H2,1-4H3. The Kier molecular flexibility index (Phi) is 3.45. The number of hydrogen-bond acceptors (Lipinski definition) is 1. The Bertz CT molecular complexity index is 653. The first-order valence-electron chi connectivity index (χ1n) is 7.82. The van der Waals surface area contributed by atoms with Crippen LogP contribution in [0.15, 0.2) is 36.5 Å². The third kappa shape index (κ3) is 2.53. The number of rotatable bonds is 2. The van der Waals surface area contributed by atoms with Gasteiger partial charge in [-0.1, -0.05) is 38.1 Å². The number of fused-ring (bicyclic) bond motifs is 1. The van der Waals surface area contributed by atoms with Gasteiger partial charge < -0.3 is 9.67 Å². The fraction of sp³-hybridized carbons (Fsp3) is 0.474. The minimum atomic E-state index is -0.325. The van der Waals surface area contributed by atoms with E-state index in [0.717, 1.165) is 18.4 Å². The quantitative estimate of drug-likeness (QED) is 0.867. The van der Waals surface area contributed by atoms with E-state index in [9.17, 15) is 5.11 Å². The van der Waals surface area contributed by atoms with Crippen molar-refractivity contribution in [2.45, 2.75) is 52.7 Å². The fourth-order valence-electron chi connectivity index (χ4n) is 3.72. The van der Waals surface area contributed by atoms with E-state index in [1.54, 1.807) is 0 Å². The Labute approximate surface area is 127 Å². The Morgan fingerprint density at radius 3 is 2.67 bits per heavy atom. The molecule has 0 aliphatic heterocycles. The second-order valence-electron chi connectivity index (χ2n) is 7.22. The smallest absolute Gasteiger partial charge is 0.0812 e. The van der Waals surface area contributed by atoms with Crippen molar-refractivity contribution in [3.63, 3.8) is 0 Å². The maximum Gasteiger partial charge on any atom is 0.0812 e. The van der Waals surface area contributed by atoms with Crippen LogP contribution in [0.4, 0.5) is 0 Å². The van der Waals surface area contributed by atoms with Crippen LogP contribution in [0.5, 0.6) is 0 Å². The van der Waals surface area contributed by atoms with Crippen LogP contribution >= 0.6 is 0 Å². The Morgan fingerprint density at radius 2 is 1.95 bits per heavy atom. The molecule has 2 unspecified atom stereocenters. The molecule has 2 atom stereocenters. The third-order valence-electron chi connectivity index (χ3n) is 4.87. The molecule has 2 heteroatoms. The largest absolute Gasteiger partial charge is 0.388 e. The van der Waals surface area contributed by atoms with Gasteiger partial charge in [-0.05, 0) is 49.3 Å². The van der Waals surface area contributed by atoms with Gasteiger partial charge in [0.05, 0.1) is 12.1 Å². The fourth-order valence-corrected chi connectivity index (χ4v) is 3.72. The van der Waals surface area contributed by atoms with Gasteiger partial charge >= 0.3 is 0 Å². The number of nitrogens with zero attached hydrogens (tertiary/aromatic N) is 1. The summed E-state index contributed by atoms with van der Waals surface area (Å²) in [6, 6.07) is 11.0. The summed E-state index contributed by atoms with van der Waals surface area (Å²) >= 11 is 0. The lowest BCUT2D eigenvalue weighted by atomic mass is 9.75. The average Bonchev–Trinajstić information content (AvgIpc) is 2.81. The summed E-state index contributed by atoms with van der Waals surface area (Å²) < 4.78 is 2.35. The van der Waals surface area contributed by atoms with Crippen molar-refractivity contribution in [3.8, 4) is 0 Å². The van der Waals surface area contributed by atoms with Crippen LogP contribution in [-0.4, -0.2) is 9.67 Å². The van der Waals surface area contributed by atoms with E-state index >= 15 is 0 Å². The summed E-state index contributed by atoms with van der Waals surface area (Å²) in [5.41, 5.74) is 5.26. The van der Waals surface area contributed by atoms with Crippen LogP contribution in [0, 0.1) is 12.3 Å². The van der Waals surface area contributed by atoms with Gasteiger partial charge in [0, 0.05) is 17.5 Å². The molecule has 1 heterocycles. The van der Waals surface area contributed by atoms with Gasteiger partial charge in [-0.2, -0.15) is 0 Å². The zero-order valence-corrected chi connectivity index (χ0v) is 13.4. The van der Waals surface area contributed by atoms with E-state index in [1.165, 1.54) is 16.8 Å². The van der Waals surface area contributed by atoms with Crippen molar-refractivity contribution in [2.75, 3.05) is 0 Å². The number of benzene rings is 1. The zero-order chi connectivity index (χ0) is 15.2. The molecule has 1 aliphatic rings. The van der Waals surface area contributed by atoms with E-state index in [-0.39, 0.29) is 11.5 Å².